The lowest BCUT2D eigenvalue weighted by Gasteiger charge is -2.73. The van der Waals surface area contributed by atoms with Crippen molar-refractivity contribution in [3.05, 3.63) is 0 Å². The lowest BCUT2D eigenvalue weighted by Crippen LogP contribution is -2.68. The largest absolute Gasteiger partial charge is 0.319 e. The first-order valence-corrected chi connectivity index (χ1v) is 5.95. The fourth-order valence-electron chi connectivity index (χ4n) is 6.05. The summed E-state index contributed by atoms with van der Waals surface area (Å²) in [5.74, 6) is 3.46. The van der Waals surface area contributed by atoms with Gasteiger partial charge in [0.2, 0.25) is 0 Å². The van der Waals surface area contributed by atoms with E-state index in [-0.39, 0.29) is 0 Å². The van der Waals surface area contributed by atoms with E-state index in [0.717, 1.165) is 16.7 Å². The molecule has 5 atom stereocenters. The van der Waals surface area contributed by atoms with E-state index in [4.69, 9.17) is 0 Å². The van der Waals surface area contributed by atoms with Gasteiger partial charge in [-0.1, -0.05) is 0 Å². The summed E-state index contributed by atoms with van der Waals surface area (Å²) in [6, 6.07) is 0. The molecule has 2 bridgehead atoms. The molecule has 1 spiro atoms. The van der Waals surface area contributed by atoms with Crippen LogP contribution >= 0.6 is 0 Å². The van der Waals surface area contributed by atoms with Gasteiger partial charge in [0.05, 0.1) is 0 Å². The number of hydrogen-bond donors (Lipinski definition) is 1. The van der Waals surface area contributed by atoms with Gasteiger partial charge in [-0.25, -0.2) is 0 Å². The number of hydrogen-bond acceptors (Lipinski definition) is 1. The maximum absolute atomic E-state index is 3.45. The van der Waals surface area contributed by atoms with Crippen LogP contribution in [0.5, 0.6) is 0 Å². The van der Waals surface area contributed by atoms with Crippen LogP contribution in [0, 0.1) is 28.6 Å². The average molecular weight is 177 g/mol. The summed E-state index contributed by atoms with van der Waals surface area (Å²) in [5.41, 5.74) is 1.68. The summed E-state index contributed by atoms with van der Waals surface area (Å²) >= 11 is 0. The Labute approximate surface area is 80.3 Å². The van der Waals surface area contributed by atoms with Crippen molar-refractivity contribution in [2.24, 2.45) is 28.6 Å². The van der Waals surface area contributed by atoms with Crippen LogP contribution in [0.4, 0.5) is 0 Å². The Kier molecular flexibility index (Phi) is 1.03. The molecule has 72 valence electrons. The zero-order valence-corrected chi connectivity index (χ0v) is 8.47. The minimum Gasteiger partial charge on any atom is -0.319 e. The third kappa shape index (κ3) is 0.516. The van der Waals surface area contributed by atoms with Crippen LogP contribution in [0.3, 0.4) is 0 Å². The molecule has 4 aliphatic carbocycles. The Morgan fingerprint density at radius 1 is 1.15 bits per heavy atom. The molecule has 0 aromatic heterocycles. The molecule has 0 aromatic rings. The summed E-state index contributed by atoms with van der Waals surface area (Å²) in [5, 5.41) is 3.45. The normalized spacial score (nSPS) is 65.8. The van der Waals surface area contributed by atoms with Crippen LogP contribution in [0.2, 0.25) is 0 Å². The molecule has 0 saturated heterocycles. The first-order chi connectivity index (χ1) is 6.31. The summed E-state index contributed by atoms with van der Waals surface area (Å²) in [7, 11) is 2.14. The lowest BCUT2D eigenvalue weighted by atomic mass is 9.32. The molecule has 4 aliphatic rings. The van der Waals surface area contributed by atoms with Crippen LogP contribution < -0.4 is 5.32 Å². The monoisotopic (exact) mass is 177 g/mol. The summed E-state index contributed by atoms with van der Waals surface area (Å²) in [4.78, 5) is 0. The molecule has 0 aliphatic heterocycles. The Morgan fingerprint density at radius 3 is 2.77 bits per heavy atom. The second-order valence-corrected chi connectivity index (χ2v) is 6.19. The number of rotatable bonds is 2. The van der Waals surface area contributed by atoms with Crippen molar-refractivity contribution in [1.29, 1.82) is 0 Å². The van der Waals surface area contributed by atoms with E-state index >= 15 is 0 Å². The Morgan fingerprint density at radius 2 is 2.08 bits per heavy atom. The minimum atomic E-state index is 0.790. The van der Waals surface area contributed by atoms with Gasteiger partial charge in [-0.2, -0.15) is 0 Å². The van der Waals surface area contributed by atoms with Gasteiger partial charge in [0.15, 0.2) is 0 Å². The quantitative estimate of drug-likeness (QED) is 0.680. The van der Waals surface area contributed by atoms with Crippen LogP contribution in [-0.4, -0.2) is 13.6 Å². The highest BCUT2D eigenvalue weighted by Crippen LogP contribution is 2.86. The summed E-state index contributed by atoms with van der Waals surface area (Å²) in [6.45, 7) is 1.32. The standard InChI is InChI=1S/C12H19N/c1-13-7-11-4-8-2-9-3-10(6-11)12(9,11)5-8/h8-10,13H,2-7H2,1H3. The molecule has 1 nitrogen and oxygen atoms in total. The van der Waals surface area contributed by atoms with Gasteiger partial charge in [0.25, 0.3) is 0 Å². The van der Waals surface area contributed by atoms with Crippen molar-refractivity contribution < 1.29 is 0 Å². The van der Waals surface area contributed by atoms with Crippen molar-refractivity contribution in [1.82, 2.24) is 5.32 Å². The Balaban J connectivity index is 1.76. The maximum atomic E-state index is 3.45. The topological polar surface area (TPSA) is 12.0 Å². The highest BCUT2D eigenvalue weighted by atomic mass is 14.9. The molecule has 4 saturated carbocycles. The first-order valence-electron chi connectivity index (χ1n) is 5.95. The highest BCUT2D eigenvalue weighted by Gasteiger charge is 2.79. The summed E-state index contributed by atoms with van der Waals surface area (Å²) < 4.78 is 0. The molecule has 4 fully saturated rings. The molecule has 4 rings (SSSR count). The van der Waals surface area contributed by atoms with Crippen molar-refractivity contribution in [2.45, 2.75) is 32.1 Å². The molecule has 0 heterocycles. The van der Waals surface area contributed by atoms with E-state index in [1.54, 1.807) is 32.1 Å². The predicted molar refractivity (Wildman–Crippen MR) is 52.3 cm³/mol. The van der Waals surface area contributed by atoms with Gasteiger partial charge in [0, 0.05) is 6.54 Å². The van der Waals surface area contributed by atoms with Crippen LogP contribution in [-0.2, 0) is 0 Å². The molecule has 1 heteroatoms. The van der Waals surface area contributed by atoms with Crippen molar-refractivity contribution in [3.63, 3.8) is 0 Å². The summed E-state index contributed by atoms with van der Waals surface area (Å²) in [6.07, 6.45) is 7.95. The molecule has 0 amide bonds. The van der Waals surface area contributed by atoms with Gasteiger partial charge in [-0.3, -0.25) is 0 Å². The first kappa shape index (κ1) is 7.28. The van der Waals surface area contributed by atoms with E-state index in [1.807, 2.05) is 0 Å². The second-order valence-electron chi connectivity index (χ2n) is 6.19. The molecule has 5 unspecified atom stereocenters. The van der Waals surface area contributed by atoms with E-state index < -0.39 is 0 Å². The molecular formula is C12H19N. The SMILES string of the molecule is CNCC12CC3CC4CC(C1)C42C3. The second kappa shape index (κ2) is 1.84. The van der Waals surface area contributed by atoms with Crippen molar-refractivity contribution in [3.8, 4) is 0 Å². The maximum Gasteiger partial charge on any atom is 0.00105 e. The number of fused-ring (bicyclic) bond motifs is 1. The smallest absolute Gasteiger partial charge is 0.00105 e. The van der Waals surface area contributed by atoms with Gasteiger partial charge < -0.3 is 5.32 Å². The Bertz CT molecular complexity index is 270. The highest BCUT2D eigenvalue weighted by molar-refractivity contribution is 5.28. The molecule has 1 N–H and O–H groups in total. The van der Waals surface area contributed by atoms with Gasteiger partial charge >= 0.3 is 0 Å². The third-order valence-electron chi connectivity index (χ3n) is 6.09. The molecule has 0 radical (unpaired) electrons. The molecular weight excluding hydrogens is 158 g/mol. The zero-order chi connectivity index (χ0) is 8.68. The fourth-order valence-corrected chi connectivity index (χ4v) is 6.05. The van der Waals surface area contributed by atoms with Crippen molar-refractivity contribution in [2.75, 3.05) is 13.6 Å². The fraction of sp³-hybridized carbons (Fsp3) is 1.00. The van der Waals surface area contributed by atoms with Gasteiger partial charge in [-0.15, -0.1) is 0 Å². The van der Waals surface area contributed by atoms with E-state index in [0.29, 0.717) is 0 Å². The zero-order valence-electron chi connectivity index (χ0n) is 8.47. The molecule has 13 heavy (non-hydrogen) atoms. The van der Waals surface area contributed by atoms with Crippen LogP contribution in [0.15, 0.2) is 0 Å². The van der Waals surface area contributed by atoms with Crippen molar-refractivity contribution >= 4 is 0 Å². The van der Waals surface area contributed by atoms with Gasteiger partial charge in [-0.05, 0) is 67.7 Å². The third-order valence-corrected chi connectivity index (χ3v) is 6.09. The van der Waals surface area contributed by atoms with E-state index in [2.05, 4.69) is 12.4 Å². The Hall–Kier alpha value is -0.0400. The van der Waals surface area contributed by atoms with Crippen LogP contribution in [0.1, 0.15) is 32.1 Å². The van der Waals surface area contributed by atoms with Gasteiger partial charge in [0.1, 0.15) is 0 Å². The number of nitrogens with one attached hydrogen (secondary N) is 1. The molecule has 0 aromatic carbocycles. The predicted octanol–water partition coefficient (Wildman–Crippen LogP) is 2.03. The average Bonchev–Trinajstić information content (AvgIpc) is 2.51. The van der Waals surface area contributed by atoms with E-state index in [9.17, 15) is 0 Å². The minimum absolute atomic E-state index is 0.790. The van der Waals surface area contributed by atoms with E-state index in [1.165, 1.54) is 18.4 Å². The lowest BCUT2D eigenvalue weighted by molar-refractivity contribution is -0.240. The van der Waals surface area contributed by atoms with Crippen LogP contribution in [0.25, 0.3) is 0 Å².